The molecule has 1 atom stereocenters. The minimum absolute atomic E-state index is 0.303. The molecule has 4 heteroatoms. The summed E-state index contributed by atoms with van der Waals surface area (Å²) in [5, 5.41) is 12.3. The second-order valence-corrected chi connectivity index (χ2v) is 5.03. The Labute approximate surface area is 113 Å². The van der Waals surface area contributed by atoms with Crippen LogP contribution in [-0.2, 0) is 11.3 Å². The highest BCUT2D eigenvalue weighted by molar-refractivity contribution is 5.74. The highest BCUT2D eigenvalue weighted by Crippen LogP contribution is 2.32. The van der Waals surface area contributed by atoms with Crippen molar-refractivity contribution in [2.24, 2.45) is 5.92 Å². The molecule has 1 aromatic rings. The van der Waals surface area contributed by atoms with Crippen LogP contribution in [0.1, 0.15) is 31.7 Å². The summed E-state index contributed by atoms with van der Waals surface area (Å²) in [5.74, 6) is 0.400. The van der Waals surface area contributed by atoms with Gasteiger partial charge in [-0.2, -0.15) is 0 Å². The predicted octanol–water partition coefficient (Wildman–Crippen LogP) is 2.43. The molecule has 0 saturated heterocycles. The molecule has 2 N–H and O–H groups in total. The second kappa shape index (κ2) is 6.57. The molecule has 1 aromatic carbocycles. The highest BCUT2D eigenvalue weighted by atomic mass is 16.5. The van der Waals surface area contributed by atoms with Crippen LogP contribution in [0.3, 0.4) is 0 Å². The molecule has 1 saturated carbocycles. The third-order valence-corrected chi connectivity index (χ3v) is 3.26. The first-order valence-electron chi connectivity index (χ1n) is 6.88. The summed E-state index contributed by atoms with van der Waals surface area (Å²) in [6.45, 7) is 3.34. The second-order valence-electron chi connectivity index (χ2n) is 5.03. The van der Waals surface area contributed by atoms with Gasteiger partial charge in [-0.15, -0.1) is 0 Å². The summed E-state index contributed by atoms with van der Waals surface area (Å²) in [7, 11) is 0. The topological polar surface area (TPSA) is 58.6 Å². The first-order chi connectivity index (χ1) is 9.20. The van der Waals surface area contributed by atoms with Crippen molar-refractivity contribution in [3.8, 4) is 5.75 Å². The van der Waals surface area contributed by atoms with E-state index >= 15 is 0 Å². The maximum absolute atomic E-state index is 11.1. The van der Waals surface area contributed by atoms with Gasteiger partial charge in [-0.1, -0.05) is 19.1 Å². The van der Waals surface area contributed by atoms with E-state index in [1.165, 1.54) is 0 Å². The lowest BCUT2D eigenvalue weighted by atomic mass is 10.1. The standard InChI is InChI=1S/C15H21NO3/c1-2-8-19-13-5-3-4-11(9-13)10-16-14(15(17)18)12-6-7-12/h3-5,9,12,14,16H,2,6-8,10H2,1H3,(H,17,18). The number of ether oxygens (including phenoxy) is 1. The number of carboxylic acids is 1. The van der Waals surface area contributed by atoms with E-state index in [-0.39, 0.29) is 0 Å². The van der Waals surface area contributed by atoms with Gasteiger partial charge in [-0.05, 0) is 42.9 Å². The molecule has 0 spiro atoms. The molecule has 1 aliphatic rings. The fourth-order valence-electron chi connectivity index (χ4n) is 2.08. The SMILES string of the molecule is CCCOc1cccc(CNC(C(=O)O)C2CC2)c1. The lowest BCUT2D eigenvalue weighted by Crippen LogP contribution is -2.38. The molecule has 0 aliphatic heterocycles. The van der Waals surface area contributed by atoms with Gasteiger partial charge in [0.05, 0.1) is 6.61 Å². The Balaban J connectivity index is 1.89. The molecular weight excluding hydrogens is 242 g/mol. The Bertz CT molecular complexity index is 429. The number of rotatable bonds is 8. The summed E-state index contributed by atoms with van der Waals surface area (Å²) in [6, 6.07) is 7.40. The van der Waals surface area contributed by atoms with Crippen LogP contribution in [0.2, 0.25) is 0 Å². The van der Waals surface area contributed by atoms with Crippen LogP contribution in [0.25, 0.3) is 0 Å². The van der Waals surface area contributed by atoms with Gasteiger partial charge in [0, 0.05) is 6.54 Å². The zero-order valence-electron chi connectivity index (χ0n) is 11.3. The average molecular weight is 263 g/mol. The van der Waals surface area contributed by atoms with Crippen molar-refractivity contribution in [3.05, 3.63) is 29.8 Å². The fraction of sp³-hybridized carbons (Fsp3) is 0.533. The van der Waals surface area contributed by atoms with Gasteiger partial charge in [-0.25, -0.2) is 0 Å². The molecule has 4 nitrogen and oxygen atoms in total. The van der Waals surface area contributed by atoms with E-state index in [1.54, 1.807) is 0 Å². The Morgan fingerprint density at radius 3 is 2.95 bits per heavy atom. The summed E-state index contributed by atoms with van der Waals surface area (Å²) in [4.78, 5) is 11.1. The first-order valence-corrected chi connectivity index (χ1v) is 6.88. The van der Waals surface area contributed by atoms with Crippen molar-refractivity contribution < 1.29 is 14.6 Å². The smallest absolute Gasteiger partial charge is 0.320 e. The third kappa shape index (κ3) is 4.24. The predicted molar refractivity (Wildman–Crippen MR) is 73.2 cm³/mol. The van der Waals surface area contributed by atoms with E-state index in [9.17, 15) is 4.79 Å². The molecule has 0 heterocycles. The molecule has 1 fully saturated rings. The zero-order valence-corrected chi connectivity index (χ0v) is 11.3. The van der Waals surface area contributed by atoms with Gasteiger partial charge in [0.1, 0.15) is 11.8 Å². The fourth-order valence-corrected chi connectivity index (χ4v) is 2.08. The molecule has 104 valence electrons. The van der Waals surface area contributed by atoms with Crippen LogP contribution in [0.15, 0.2) is 24.3 Å². The van der Waals surface area contributed by atoms with Gasteiger partial charge >= 0.3 is 5.97 Å². The molecule has 19 heavy (non-hydrogen) atoms. The Kier molecular flexibility index (Phi) is 4.80. The quantitative estimate of drug-likeness (QED) is 0.756. The van der Waals surface area contributed by atoms with Crippen LogP contribution in [-0.4, -0.2) is 23.7 Å². The van der Waals surface area contributed by atoms with Crippen molar-refractivity contribution >= 4 is 5.97 Å². The maximum atomic E-state index is 11.1. The molecule has 0 amide bonds. The van der Waals surface area contributed by atoms with E-state index < -0.39 is 12.0 Å². The summed E-state index contributed by atoms with van der Waals surface area (Å²) in [5.41, 5.74) is 1.06. The first kappa shape index (κ1) is 13.9. The van der Waals surface area contributed by atoms with Crippen molar-refractivity contribution in [2.75, 3.05) is 6.61 Å². The van der Waals surface area contributed by atoms with Crippen LogP contribution in [0, 0.1) is 5.92 Å². The minimum Gasteiger partial charge on any atom is -0.494 e. The van der Waals surface area contributed by atoms with E-state index in [2.05, 4.69) is 12.2 Å². The maximum Gasteiger partial charge on any atom is 0.320 e. The number of benzene rings is 1. The lowest BCUT2D eigenvalue weighted by molar-refractivity contribution is -0.140. The van der Waals surface area contributed by atoms with Crippen LogP contribution < -0.4 is 10.1 Å². The van der Waals surface area contributed by atoms with Crippen LogP contribution in [0.4, 0.5) is 0 Å². The molecule has 0 bridgehead atoms. The normalized spacial score (nSPS) is 16.1. The van der Waals surface area contributed by atoms with Crippen molar-refractivity contribution in [1.82, 2.24) is 5.32 Å². The van der Waals surface area contributed by atoms with E-state index in [1.807, 2.05) is 24.3 Å². The van der Waals surface area contributed by atoms with Crippen molar-refractivity contribution in [3.63, 3.8) is 0 Å². The molecular formula is C15H21NO3. The number of carbonyl (C=O) groups is 1. The van der Waals surface area contributed by atoms with Gasteiger partial charge in [0.25, 0.3) is 0 Å². The van der Waals surface area contributed by atoms with Crippen molar-refractivity contribution in [2.45, 2.75) is 38.8 Å². The molecule has 2 rings (SSSR count). The molecule has 1 unspecified atom stereocenters. The number of carboxylic acid groups (broad SMARTS) is 1. The largest absolute Gasteiger partial charge is 0.494 e. The third-order valence-electron chi connectivity index (χ3n) is 3.26. The highest BCUT2D eigenvalue weighted by Gasteiger charge is 2.35. The van der Waals surface area contributed by atoms with E-state index in [0.29, 0.717) is 19.1 Å². The van der Waals surface area contributed by atoms with Crippen LogP contribution >= 0.6 is 0 Å². The molecule has 1 aliphatic carbocycles. The van der Waals surface area contributed by atoms with Gasteiger partial charge in [-0.3, -0.25) is 4.79 Å². The number of hydrogen-bond donors (Lipinski definition) is 2. The van der Waals surface area contributed by atoms with Gasteiger partial charge in [0.15, 0.2) is 0 Å². The monoisotopic (exact) mass is 263 g/mol. The van der Waals surface area contributed by atoms with Crippen LogP contribution in [0.5, 0.6) is 5.75 Å². The van der Waals surface area contributed by atoms with Gasteiger partial charge in [0.2, 0.25) is 0 Å². The number of hydrogen-bond acceptors (Lipinski definition) is 3. The lowest BCUT2D eigenvalue weighted by Gasteiger charge is -2.14. The summed E-state index contributed by atoms with van der Waals surface area (Å²) < 4.78 is 5.57. The summed E-state index contributed by atoms with van der Waals surface area (Å²) >= 11 is 0. The minimum atomic E-state index is -0.749. The Morgan fingerprint density at radius 1 is 1.53 bits per heavy atom. The average Bonchev–Trinajstić information content (AvgIpc) is 3.21. The number of aliphatic carboxylic acids is 1. The summed E-state index contributed by atoms with van der Waals surface area (Å²) in [6.07, 6.45) is 3.01. The number of nitrogens with one attached hydrogen (secondary N) is 1. The van der Waals surface area contributed by atoms with E-state index in [0.717, 1.165) is 30.6 Å². The zero-order chi connectivity index (χ0) is 13.7. The van der Waals surface area contributed by atoms with Gasteiger partial charge < -0.3 is 15.2 Å². The Morgan fingerprint density at radius 2 is 2.32 bits per heavy atom. The molecule has 0 aromatic heterocycles. The van der Waals surface area contributed by atoms with E-state index in [4.69, 9.17) is 9.84 Å². The van der Waals surface area contributed by atoms with Crippen molar-refractivity contribution in [1.29, 1.82) is 0 Å². The Hall–Kier alpha value is -1.55. The molecule has 0 radical (unpaired) electrons.